The molecule has 0 saturated heterocycles. The van der Waals surface area contributed by atoms with E-state index in [2.05, 4.69) is 15.4 Å². The summed E-state index contributed by atoms with van der Waals surface area (Å²) in [5, 5.41) is 0. The molecule has 1 N–H and O–H groups in total. The molecule has 14 heavy (non-hydrogen) atoms. The topological polar surface area (TPSA) is 63.6 Å². The second-order valence-corrected chi connectivity index (χ2v) is 8.75. The Morgan fingerprint density at radius 2 is 2.00 bits per heavy atom. The normalized spacial score (nSPS) is 16.3. The highest BCUT2D eigenvalue weighted by Crippen LogP contribution is 1.84. The predicted molar refractivity (Wildman–Crippen MR) is 69.1 cm³/mol. The molecule has 0 aromatic carbocycles. The van der Waals surface area contributed by atoms with Crippen LogP contribution in [0.5, 0.6) is 0 Å². The fourth-order valence-corrected chi connectivity index (χ4v) is 3.27. The van der Waals surface area contributed by atoms with Crippen molar-refractivity contribution in [3.8, 4) is 0 Å². The minimum atomic E-state index is -2.45. The van der Waals surface area contributed by atoms with E-state index in [9.17, 15) is 8.42 Å². The van der Waals surface area contributed by atoms with E-state index in [0.717, 1.165) is 5.75 Å². The van der Waals surface area contributed by atoms with Gasteiger partial charge in [0.1, 0.15) is 18.4 Å². The number of rotatable bonds is 4. The molecular formula is C6H18O4S4. The summed E-state index contributed by atoms with van der Waals surface area (Å²) in [5.41, 5.74) is 0. The van der Waals surface area contributed by atoms with Gasteiger partial charge in [-0.2, -0.15) is 0 Å². The van der Waals surface area contributed by atoms with Crippen molar-refractivity contribution >= 4 is 39.9 Å². The third-order valence-corrected chi connectivity index (χ3v) is 5.90. The third-order valence-electron chi connectivity index (χ3n) is 0.941. The zero-order valence-corrected chi connectivity index (χ0v) is 11.9. The van der Waals surface area contributed by atoms with Gasteiger partial charge in [0.25, 0.3) is 0 Å². The van der Waals surface area contributed by atoms with Crippen LogP contribution in [-0.2, 0) is 44.1 Å². The molecule has 0 rings (SSSR count). The molecule has 0 aliphatic carbocycles. The van der Waals surface area contributed by atoms with Gasteiger partial charge in [-0.25, -0.2) is 8.42 Å². The van der Waals surface area contributed by atoms with Gasteiger partial charge < -0.3 is 4.55 Å². The largest absolute Gasteiger partial charge is 0.309 e. The van der Waals surface area contributed by atoms with Crippen molar-refractivity contribution in [2.24, 2.45) is 0 Å². The lowest BCUT2D eigenvalue weighted by atomic mass is 10.9. The third kappa shape index (κ3) is 15.3. The Hall–Kier alpha value is 0.790. The molecular weight excluding hydrogens is 264 g/mol. The molecule has 2 unspecified atom stereocenters. The van der Waals surface area contributed by atoms with Crippen molar-refractivity contribution in [1.82, 2.24) is 0 Å². The molecule has 90 valence electrons. The average Bonchev–Trinajstić information content (AvgIpc) is 2.05. The molecule has 0 radical (unpaired) electrons. The van der Waals surface area contributed by atoms with E-state index >= 15 is 0 Å². The maximum absolute atomic E-state index is 10.7. The second-order valence-electron chi connectivity index (χ2n) is 1.98. The molecule has 0 aliphatic rings. The van der Waals surface area contributed by atoms with Crippen LogP contribution >= 0.6 is 0 Å². The molecule has 8 heteroatoms. The number of hydrogen-bond donors (Lipinski definition) is 3. The van der Waals surface area contributed by atoms with Crippen LogP contribution in [0.15, 0.2) is 0 Å². The van der Waals surface area contributed by atoms with Crippen molar-refractivity contribution in [3.63, 3.8) is 0 Å². The van der Waals surface area contributed by atoms with Crippen molar-refractivity contribution in [2.45, 2.75) is 20.8 Å². The first-order chi connectivity index (χ1) is 6.39. The zero-order valence-electron chi connectivity index (χ0n) is 8.50. The summed E-state index contributed by atoms with van der Waals surface area (Å²) in [4.78, 5) is 0. The van der Waals surface area contributed by atoms with Crippen LogP contribution in [-0.4, -0.2) is 31.1 Å². The van der Waals surface area contributed by atoms with Gasteiger partial charge in [0.05, 0.1) is 6.61 Å². The van der Waals surface area contributed by atoms with Crippen LogP contribution in [0.25, 0.3) is 0 Å². The molecule has 0 amide bonds. The molecule has 0 bridgehead atoms. The Morgan fingerprint density at radius 1 is 1.50 bits per heavy atom. The van der Waals surface area contributed by atoms with Crippen molar-refractivity contribution < 1.29 is 17.2 Å². The molecule has 0 aromatic heterocycles. The molecule has 4 nitrogen and oxygen atoms in total. The lowest BCUT2D eigenvalue weighted by Crippen LogP contribution is -2.01. The lowest BCUT2D eigenvalue weighted by Gasteiger charge is -1.94. The van der Waals surface area contributed by atoms with Gasteiger partial charge in [0.2, 0.25) is 0 Å². The van der Waals surface area contributed by atoms with Crippen LogP contribution in [0.1, 0.15) is 20.8 Å². The summed E-state index contributed by atoms with van der Waals surface area (Å²) in [6.45, 7) is 5.82. The van der Waals surface area contributed by atoms with Crippen LogP contribution in [0.4, 0.5) is 0 Å². The highest BCUT2D eigenvalue weighted by Gasteiger charge is 1.91. The van der Waals surface area contributed by atoms with Gasteiger partial charge in [-0.05, 0) is 12.7 Å². The molecule has 0 heterocycles. The Bertz CT molecular complexity index is 293. The van der Waals surface area contributed by atoms with Crippen molar-refractivity contribution in [1.29, 1.82) is 0 Å². The van der Waals surface area contributed by atoms with E-state index in [4.69, 9.17) is 4.55 Å². The summed E-state index contributed by atoms with van der Waals surface area (Å²) < 4.78 is 33.7. The molecule has 0 aliphatic heterocycles. The second kappa shape index (κ2) is 10.3. The minimum absolute atomic E-state index is 0.377. The van der Waals surface area contributed by atoms with Crippen LogP contribution < -0.4 is 0 Å². The van der Waals surface area contributed by atoms with E-state index in [1.807, 2.05) is 6.92 Å². The Balaban J connectivity index is 0. The Morgan fingerprint density at radius 3 is 2.07 bits per heavy atom. The van der Waals surface area contributed by atoms with Gasteiger partial charge in [0, 0.05) is 16.9 Å². The van der Waals surface area contributed by atoms with E-state index in [-0.39, 0.29) is 0 Å². The first kappa shape index (κ1) is 17.2. The Labute approximate surface area is 95.8 Å². The highest BCUT2D eigenvalue weighted by atomic mass is 32.9. The summed E-state index contributed by atoms with van der Waals surface area (Å²) in [5.74, 6) is 1.14. The van der Waals surface area contributed by atoms with Gasteiger partial charge in [-0.15, -0.1) is 10.3 Å². The van der Waals surface area contributed by atoms with Crippen LogP contribution in [0, 0.1) is 0 Å². The molecule has 0 spiro atoms. The first-order valence-electron chi connectivity index (χ1n) is 4.09. The molecule has 0 saturated carbocycles. The van der Waals surface area contributed by atoms with Gasteiger partial charge in [-0.1, -0.05) is 13.8 Å². The average molecular weight is 282 g/mol. The predicted octanol–water partition coefficient (Wildman–Crippen LogP) is 0.394. The lowest BCUT2D eigenvalue weighted by molar-refractivity contribution is 0.382. The summed E-state index contributed by atoms with van der Waals surface area (Å²) in [6, 6.07) is 0. The molecule has 0 aromatic rings. The quantitative estimate of drug-likeness (QED) is 0.651. The number of hydrogen-bond acceptors (Lipinski definition) is 4. The Kier molecular flexibility index (Phi) is 12.7. The van der Waals surface area contributed by atoms with E-state index in [1.165, 1.54) is 0 Å². The van der Waals surface area contributed by atoms with E-state index in [1.54, 1.807) is 13.8 Å². The van der Waals surface area contributed by atoms with Gasteiger partial charge in [-0.3, -0.25) is 4.18 Å². The minimum Gasteiger partial charge on any atom is -0.309 e. The van der Waals surface area contributed by atoms with Gasteiger partial charge >= 0.3 is 0 Å². The number of thiol groups is 2. The first-order valence-corrected chi connectivity index (χ1v) is 9.65. The molecule has 0 fully saturated rings. The highest BCUT2D eigenvalue weighted by molar-refractivity contribution is 8.36. The van der Waals surface area contributed by atoms with Crippen molar-refractivity contribution in [3.05, 3.63) is 0 Å². The SMILES string of the molecule is CCO[SH](=O)=S.CC[SH]=S(=O)(O)CC. The summed E-state index contributed by atoms with van der Waals surface area (Å²) in [6.07, 6.45) is 0. The maximum atomic E-state index is 10.7. The van der Waals surface area contributed by atoms with Crippen LogP contribution in [0.3, 0.4) is 0 Å². The monoisotopic (exact) mass is 282 g/mol. The zero-order chi connectivity index (χ0) is 11.6. The fourth-order valence-electron chi connectivity index (χ4n) is 0.398. The molecule has 2 atom stereocenters. The fraction of sp³-hybridized carbons (Fsp3) is 1.00. The van der Waals surface area contributed by atoms with E-state index < -0.39 is 18.4 Å². The van der Waals surface area contributed by atoms with Gasteiger partial charge in [0.15, 0.2) is 0 Å². The summed E-state index contributed by atoms with van der Waals surface area (Å²) in [7, 11) is -3.54. The van der Waals surface area contributed by atoms with Crippen molar-refractivity contribution in [2.75, 3.05) is 18.1 Å². The van der Waals surface area contributed by atoms with Crippen LogP contribution in [0.2, 0.25) is 0 Å². The maximum Gasteiger partial charge on any atom is 0.133 e. The van der Waals surface area contributed by atoms with E-state index in [0.29, 0.717) is 22.7 Å². The standard InChI is InChI=1S/C4H12O2S2.C2H6O2S2/c1-3-7-8(5,6)4-2;1-2-4-6(3)5/h7H,3-4H2,1-2H3,(H,5,6);6H,2H2,1H3. The smallest absolute Gasteiger partial charge is 0.133 e. The summed E-state index contributed by atoms with van der Waals surface area (Å²) >= 11 is 4.17.